The van der Waals surface area contributed by atoms with Crippen LogP contribution >= 0.6 is 27.5 Å². The fourth-order valence-corrected chi connectivity index (χ4v) is 3.24. The van der Waals surface area contributed by atoms with Gasteiger partial charge in [0.25, 0.3) is 5.91 Å². The molecular weight excluding hydrogens is 427 g/mol. The SMILES string of the molecule is NC(=O)c1c(OCc2ccc(Br)cc2F)nsc1NC(=O)NCC1CC1. The van der Waals surface area contributed by atoms with Crippen molar-refractivity contribution in [2.24, 2.45) is 11.7 Å². The van der Waals surface area contributed by atoms with E-state index in [0.717, 1.165) is 24.4 Å². The first-order valence-electron chi connectivity index (χ1n) is 7.85. The molecule has 1 saturated carbocycles. The fourth-order valence-electron chi connectivity index (χ4n) is 2.17. The van der Waals surface area contributed by atoms with Gasteiger partial charge in [0.1, 0.15) is 23.0 Å². The molecule has 26 heavy (non-hydrogen) atoms. The molecule has 0 radical (unpaired) electrons. The van der Waals surface area contributed by atoms with Gasteiger partial charge in [-0.25, -0.2) is 9.18 Å². The Bertz CT molecular complexity index is 841. The lowest BCUT2D eigenvalue weighted by molar-refractivity contribution is 0.0996. The van der Waals surface area contributed by atoms with Crippen molar-refractivity contribution in [2.75, 3.05) is 11.9 Å². The molecule has 10 heteroatoms. The van der Waals surface area contributed by atoms with Crippen LogP contribution in [0, 0.1) is 11.7 Å². The molecule has 3 amide bonds. The van der Waals surface area contributed by atoms with Crippen LogP contribution in [-0.2, 0) is 6.61 Å². The number of ether oxygens (including phenoxy) is 1. The molecule has 0 spiro atoms. The summed E-state index contributed by atoms with van der Waals surface area (Å²) < 4.78 is 23.9. The molecule has 138 valence electrons. The van der Waals surface area contributed by atoms with Gasteiger partial charge in [0, 0.05) is 16.6 Å². The van der Waals surface area contributed by atoms with Crippen molar-refractivity contribution in [1.29, 1.82) is 0 Å². The minimum absolute atomic E-state index is 0.0332. The first-order chi connectivity index (χ1) is 12.4. The number of anilines is 1. The van der Waals surface area contributed by atoms with Gasteiger partial charge in [-0.15, -0.1) is 0 Å². The highest BCUT2D eigenvalue weighted by Crippen LogP contribution is 2.31. The highest BCUT2D eigenvalue weighted by molar-refractivity contribution is 9.10. The van der Waals surface area contributed by atoms with Crippen LogP contribution < -0.4 is 21.1 Å². The number of primary amides is 1. The van der Waals surface area contributed by atoms with Crippen LogP contribution in [0.4, 0.5) is 14.2 Å². The molecule has 0 bridgehead atoms. The average Bonchev–Trinajstić information content (AvgIpc) is 3.32. The van der Waals surface area contributed by atoms with Crippen LogP contribution in [0.3, 0.4) is 0 Å². The Kier molecular flexibility index (Phi) is 5.72. The Balaban J connectivity index is 1.67. The van der Waals surface area contributed by atoms with Crippen LogP contribution in [0.2, 0.25) is 0 Å². The molecule has 1 fully saturated rings. The number of hydrogen-bond acceptors (Lipinski definition) is 5. The van der Waals surface area contributed by atoms with Crippen LogP contribution in [0.1, 0.15) is 28.8 Å². The summed E-state index contributed by atoms with van der Waals surface area (Å²) in [5, 5.41) is 5.47. The van der Waals surface area contributed by atoms with Gasteiger partial charge in [-0.1, -0.05) is 22.0 Å². The molecule has 0 saturated heterocycles. The van der Waals surface area contributed by atoms with Crippen molar-refractivity contribution in [3.05, 3.63) is 39.6 Å². The number of amides is 3. The Hall–Kier alpha value is -2.20. The Morgan fingerprint density at radius 1 is 1.42 bits per heavy atom. The predicted molar refractivity (Wildman–Crippen MR) is 98.8 cm³/mol. The molecule has 7 nitrogen and oxygen atoms in total. The van der Waals surface area contributed by atoms with Crippen LogP contribution in [0.5, 0.6) is 5.88 Å². The summed E-state index contributed by atoms with van der Waals surface area (Å²) in [5.41, 5.74) is 5.65. The molecule has 0 atom stereocenters. The quantitative estimate of drug-likeness (QED) is 0.611. The molecule has 1 aliphatic carbocycles. The van der Waals surface area contributed by atoms with E-state index in [0.29, 0.717) is 22.5 Å². The lowest BCUT2D eigenvalue weighted by Crippen LogP contribution is -2.30. The lowest BCUT2D eigenvalue weighted by atomic mass is 10.2. The summed E-state index contributed by atoms with van der Waals surface area (Å²) in [6.45, 7) is 0.458. The van der Waals surface area contributed by atoms with Gasteiger partial charge < -0.3 is 15.8 Å². The monoisotopic (exact) mass is 442 g/mol. The number of rotatable bonds is 7. The number of halogens is 2. The van der Waals surface area contributed by atoms with Gasteiger partial charge in [-0.2, -0.15) is 4.37 Å². The third-order valence-corrected chi connectivity index (χ3v) is 5.00. The van der Waals surface area contributed by atoms with Crippen molar-refractivity contribution in [2.45, 2.75) is 19.4 Å². The Labute approximate surface area is 161 Å². The highest BCUT2D eigenvalue weighted by atomic mass is 79.9. The summed E-state index contributed by atoms with van der Waals surface area (Å²) in [7, 11) is 0. The van der Waals surface area contributed by atoms with Gasteiger partial charge in [0.2, 0.25) is 5.88 Å². The molecule has 1 aromatic carbocycles. The number of carbonyl (C=O) groups is 2. The van der Waals surface area contributed by atoms with Gasteiger partial charge in [-0.3, -0.25) is 10.1 Å². The number of urea groups is 1. The lowest BCUT2D eigenvalue weighted by Gasteiger charge is -2.08. The van der Waals surface area contributed by atoms with E-state index < -0.39 is 17.8 Å². The standard InChI is InChI=1S/C16H16BrFN4O3S/c17-10-4-3-9(11(18)5-10)7-25-14-12(13(19)23)15(26-22-14)21-16(24)20-6-8-1-2-8/h3-5,8H,1-2,6-7H2,(H2,19,23)(H2,20,21,24). The molecule has 0 aliphatic heterocycles. The summed E-state index contributed by atoms with van der Waals surface area (Å²) in [6, 6.07) is 4.11. The second-order valence-corrected chi connectivity index (χ2v) is 7.55. The van der Waals surface area contributed by atoms with Crippen LogP contribution in [0.15, 0.2) is 22.7 Å². The van der Waals surface area contributed by atoms with Crippen molar-refractivity contribution in [1.82, 2.24) is 9.69 Å². The first kappa shape index (κ1) is 18.6. The van der Waals surface area contributed by atoms with Crippen molar-refractivity contribution >= 4 is 44.4 Å². The molecule has 1 aliphatic rings. The van der Waals surface area contributed by atoms with Crippen LogP contribution in [0.25, 0.3) is 0 Å². The second kappa shape index (κ2) is 8.00. The largest absolute Gasteiger partial charge is 0.471 e. The third-order valence-electron chi connectivity index (χ3n) is 3.76. The number of nitrogens with one attached hydrogen (secondary N) is 2. The van der Waals surface area contributed by atoms with E-state index >= 15 is 0 Å². The summed E-state index contributed by atoms with van der Waals surface area (Å²) in [5.74, 6) is -0.754. The molecule has 4 N–H and O–H groups in total. The van der Waals surface area contributed by atoms with Gasteiger partial charge >= 0.3 is 6.03 Å². The highest BCUT2D eigenvalue weighted by Gasteiger charge is 2.24. The predicted octanol–water partition coefficient (Wildman–Crippen LogP) is 3.25. The number of nitrogens with zero attached hydrogens (tertiary/aromatic N) is 1. The molecule has 1 heterocycles. The zero-order chi connectivity index (χ0) is 18.7. The number of hydrogen-bond donors (Lipinski definition) is 3. The minimum atomic E-state index is -0.789. The van der Waals surface area contributed by atoms with E-state index in [-0.39, 0.29) is 23.1 Å². The van der Waals surface area contributed by atoms with Gasteiger partial charge in [0.05, 0.1) is 0 Å². The molecule has 3 rings (SSSR count). The summed E-state index contributed by atoms with van der Waals surface area (Å²) in [6.07, 6.45) is 2.22. The Morgan fingerprint density at radius 2 is 2.19 bits per heavy atom. The fraction of sp³-hybridized carbons (Fsp3) is 0.312. The zero-order valence-corrected chi connectivity index (χ0v) is 16.0. The minimum Gasteiger partial charge on any atom is -0.471 e. The average molecular weight is 443 g/mol. The summed E-state index contributed by atoms with van der Waals surface area (Å²) >= 11 is 4.05. The number of carbonyl (C=O) groups excluding carboxylic acids is 2. The van der Waals surface area contributed by atoms with Crippen molar-refractivity contribution in [3.63, 3.8) is 0 Å². The van der Waals surface area contributed by atoms with Crippen molar-refractivity contribution < 1.29 is 18.7 Å². The summed E-state index contributed by atoms with van der Waals surface area (Å²) in [4.78, 5) is 23.6. The van der Waals surface area contributed by atoms with E-state index in [4.69, 9.17) is 10.5 Å². The molecular formula is C16H16BrFN4O3S. The topological polar surface area (TPSA) is 106 Å². The third kappa shape index (κ3) is 4.70. The molecule has 0 unspecified atom stereocenters. The second-order valence-electron chi connectivity index (χ2n) is 5.86. The van der Waals surface area contributed by atoms with Crippen LogP contribution in [-0.4, -0.2) is 22.9 Å². The van der Waals surface area contributed by atoms with E-state index in [1.54, 1.807) is 12.1 Å². The zero-order valence-electron chi connectivity index (χ0n) is 13.6. The van der Waals surface area contributed by atoms with Gasteiger partial charge in [-0.05, 0) is 42.4 Å². The maximum atomic E-state index is 13.9. The normalized spacial score (nSPS) is 13.3. The number of aromatic nitrogens is 1. The van der Waals surface area contributed by atoms with Crippen molar-refractivity contribution in [3.8, 4) is 5.88 Å². The van der Waals surface area contributed by atoms with Gasteiger partial charge in [0.15, 0.2) is 0 Å². The van der Waals surface area contributed by atoms with E-state index in [1.807, 2.05) is 0 Å². The molecule has 1 aromatic heterocycles. The van der Waals surface area contributed by atoms with E-state index in [2.05, 4.69) is 30.9 Å². The maximum Gasteiger partial charge on any atom is 0.319 e. The van der Waals surface area contributed by atoms with E-state index in [1.165, 1.54) is 6.07 Å². The van der Waals surface area contributed by atoms with E-state index in [9.17, 15) is 14.0 Å². The first-order valence-corrected chi connectivity index (χ1v) is 9.41. The molecule has 2 aromatic rings. The number of nitrogens with two attached hydrogens (primary N) is 1. The maximum absolute atomic E-state index is 13.9. The smallest absolute Gasteiger partial charge is 0.319 e. The number of benzene rings is 1. The Morgan fingerprint density at radius 3 is 2.85 bits per heavy atom.